The van der Waals surface area contributed by atoms with Crippen LogP contribution in [-0.4, -0.2) is 31.1 Å². The molecule has 2 rings (SSSR count). The standard InChI is InChI=1S/C14H21FN2O/c1-10(17-8-4-5-11(17)9-16)14-12(15)6-3-7-13(14)18-2/h3,6-7,10-11H,4-5,8-9,16H2,1-2H3. The zero-order valence-electron chi connectivity index (χ0n) is 11.0. The first-order valence-electron chi connectivity index (χ1n) is 6.47. The molecule has 18 heavy (non-hydrogen) atoms. The molecule has 1 heterocycles. The monoisotopic (exact) mass is 252 g/mol. The smallest absolute Gasteiger partial charge is 0.131 e. The maximum absolute atomic E-state index is 14.0. The SMILES string of the molecule is COc1cccc(F)c1C(C)N1CCCC1CN. The van der Waals surface area contributed by atoms with E-state index in [4.69, 9.17) is 10.5 Å². The van der Waals surface area contributed by atoms with Crippen molar-refractivity contribution in [2.45, 2.75) is 31.8 Å². The van der Waals surface area contributed by atoms with Gasteiger partial charge in [-0.15, -0.1) is 0 Å². The lowest BCUT2D eigenvalue weighted by Crippen LogP contribution is -2.37. The van der Waals surface area contributed by atoms with E-state index in [2.05, 4.69) is 4.90 Å². The van der Waals surface area contributed by atoms with E-state index < -0.39 is 0 Å². The van der Waals surface area contributed by atoms with Gasteiger partial charge in [0.2, 0.25) is 0 Å². The molecule has 1 aromatic rings. The summed E-state index contributed by atoms with van der Waals surface area (Å²) in [5.74, 6) is 0.412. The highest BCUT2D eigenvalue weighted by molar-refractivity contribution is 5.37. The van der Waals surface area contributed by atoms with Crippen molar-refractivity contribution < 1.29 is 9.13 Å². The highest BCUT2D eigenvalue weighted by atomic mass is 19.1. The van der Waals surface area contributed by atoms with Crippen molar-refractivity contribution in [3.05, 3.63) is 29.6 Å². The van der Waals surface area contributed by atoms with E-state index >= 15 is 0 Å². The fourth-order valence-corrected chi connectivity index (χ4v) is 2.89. The van der Waals surface area contributed by atoms with E-state index in [0.717, 1.165) is 19.4 Å². The second kappa shape index (κ2) is 5.67. The maximum Gasteiger partial charge on any atom is 0.131 e. The molecule has 1 fully saturated rings. The summed E-state index contributed by atoms with van der Waals surface area (Å²) >= 11 is 0. The van der Waals surface area contributed by atoms with Gasteiger partial charge in [-0.3, -0.25) is 4.90 Å². The molecule has 0 amide bonds. The number of likely N-dealkylation sites (tertiary alicyclic amines) is 1. The van der Waals surface area contributed by atoms with Crippen LogP contribution in [-0.2, 0) is 0 Å². The molecule has 1 aromatic carbocycles. The Morgan fingerprint density at radius 1 is 1.56 bits per heavy atom. The molecule has 0 saturated carbocycles. The molecule has 100 valence electrons. The average Bonchev–Trinajstić information content (AvgIpc) is 2.85. The summed E-state index contributed by atoms with van der Waals surface area (Å²) in [7, 11) is 1.58. The molecular formula is C14H21FN2O. The Morgan fingerprint density at radius 2 is 2.33 bits per heavy atom. The molecule has 1 aliphatic rings. The summed E-state index contributed by atoms with van der Waals surface area (Å²) < 4.78 is 19.3. The summed E-state index contributed by atoms with van der Waals surface area (Å²) in [6.07, 6.45) is 2.22. The molecule has 2 atom stereocenters. The second-order valence-corrected chi connectivity index (χ2v) is 4.80. The van der Waals surface area contributed by atoms with Crippen LogP contribution in [0.4, 0.5) is 4.39 Å². The lowest BCUT2D eigenvalue weighted by molar-refractivity contribution is 0.189. The van der Waals surface area contributed by atoms with Gasteiger partial charge in [0.1, 0.15) is 11.6 Å². The van der Waals surface area contributed by atoms with Gasteiger partial charge in [0.05, 0.1) is 7.11 Å². The van der Waals surface area contributed by atoms with Gasteiger partial charge in [-0.2, -0.15) is 0 Å². The van der Waals surface area contributed by atoms with Crippen molar-refractivity contribution in [2.75, 3.05) is 20.2 Å². The first kappa shape index (κ1) is 13.3. The van der Waals surface area contributed by atoms with Gasteiger partial charge in [0, 0.05) is 24.2 Å². The number of nitrogens with two attached hydrogens (primary N) is 1. The lowest BCUT2D eigenvalue weighted by atomic mass is 10.0. The van der Waals surface area contributed by atoms with Gasteiger partial charge in [0.25, 0.3) is 0 Å². The third kappa shape index (κ3) is 2.35. The molecule has 4 heteroatoms. The Kier molecular flexibility index (Phi) is 4.19. The molecule has 2 unspecified atom stereocenters. The van der Waals surface area contributed by atoms with Gasteiger partial charge >= 0.3 is 0 Å². The topological polar surface area (TPSA) is 38.5 Å². The van der Waals surface area contributed by atoms with Crippen LogP contribution in [0.5, 0.6) is 5.75 Å². The van der Waals surface area contributed by atoms with Gasteiger partial charge in [0.15, 0.2) is 0 Å². The molecule has 2 N–H and O–H groups in total. The number of hydrogen-bond donors (Lipinski definition) is 1. The van der Waals surface area contributed by atoms with E-state index in [1.54, 1.807) is 13.2 Å². The Bertz CT molecular complexity index is 411. The summed E-state index contributed by atoms with van der Waals surface area (Å²) in [5.41, 5.74) is 6.42. The molecule has 0 bridgehead atoms. The van der Waals surface area contributed by atoms with Gasteiger partial charge < -0.3 is 10.5 Å². The van der Waals surface area contributed by atoms with Gasteiger partial charge in [-0.05, 0) is 38.4 Å². The minimum absolute atomic E-state index is 0.00259. The second-order valence-electron chi connectivity index (χ2n) is 4.80. The number of halogens is 1. The molecule has 0 spiro atoms. The molecule has 0 aromatic heterocycles. The Hall–Kier alpha value is -1.13. The minimum atomic E-state index is -0.204. The number of methoxy groups -OCH3 is 1. The quantitative estimate of drug-likeness (QED) is 0.893. The van der Waals surface area contributed by atoms with Gasteiger partial charge in [-0.25, -0.2) is 4.39 Å². The number of nitrogens with zero attached hydrogens (tertiary/aromatic N) is 1. The maximum atomic E-state index is 14.0. The van der Waals surface area contributed by atoms with Crippen LogP contribution < -0.4 is 10.5 Å². The van der Waals surface area contributed by atoms with Crippen LogP contribution >= 0.6 is 0 Å². The zero-order valence-corrected chi connectivity index (χ0v) is 11.0. The highest BCUT2D eigenvalue weighted by Gasteiger charge is 2.30. The van der Waals surface area contributed by atoms with Crippen molar-refractivity contribution in [3.63, 3.8) is 0 Å². The minimum Gasteiger partial charge on any atom is -0.496 e. The zero-order chi connectivity index (χ0) is 13.1. The van der Waals surface area contributed by atoms with E-state index in [1.165, 1.54) is 6.07 Å². The van der Waals surface area contributed by atoms with Crippen LogP contribution in [0, 0.1) is 5.82 Å². The molecule has 1 saturated heterocycles. The van der Waals surface area contributed by atoms with E-state index in [-0.39, 0.29) is 11.9 Å². The normalized spacial score (nSPS) is 22.1. The summed E-state index contributed by atoms with van der Waals surface area (Å²) in [6.45, 7) is 3.62. The first-order valence-corrected chi connectivity index (χ1v) is 6.47. The highest BCUT2D eigenvalue weighted by Crippen LogP contribution is 2.35. The van der Waals surface area contributed by atoms with Crippen molar-refractivity contribution >= 4 is 0 Å². The summed E-state index contributed by atoms with van der Waals surface area (Å²) in [4.78, 5) is 2.28. The third-order valence-corrected chi connectivity index (χ3v) is 3.84. The summed E-state index contributed by atoms with van der Waals surface area (Å²) in [5, 5.41) is 0. The van der Waals surface area contributed by atoms with Gasteiger partial charge in [-0.1, -0.05) is 6.07 Å². The van der Waals surface area contributed by atoms with E-state index in [1.807, 2.05) is 13.0 Å². The van der Waals surface area contributed by atoms with Crippen molar-refractivity contribution in [3.8, 4) is 5.75 Å². The van der Waals surface area contributed by atoms with Crippen molar-refractivity contribution in [2.24, 2.45) is 5.73 Å². The van der Waals surface area contributed by atoms with Crippen LogP contribution in [0.15, 0.2) is 18.2 Å². The van der Waals surface area contributed by atoms with Crippen molar-refractivity contribution in [1.82, 2.24) is 4.90 Å². The lowest BCUT2D eigenvalue weighted by Gasteiger charge is -2.31. The third-order valence-electron chi connectivity index (χ3n) is 3.84. The van der Waals surface area contributed by atoms with Crippen molar-refractivity contribution in [1.29, 1.82) is 0 Å². The molecule has 3 nitrogen and oxygen atoms in total. The number of ether oxygens (including phenoxy) is 1. The molecular weight excluding hydrogens is 231 g/mol. The van der Waals surface area contributed by atoms with E-state index in [0.29, 0.717) is 23.9 Å². The molecule has 0 radical (unpaired) electrons. The van der Waals surface area contributed by atoms with E-state index in [9.17, 15) is 4.39 Å². The predicted molar refractivity (Wildman–Crippen MR) is 70.1 cm³/mol. The predicted octanol–water partition coefficient (Wildman–Crippen LogP) is 2.32. The Labute approximate surface area is 108 Å². The first-order chi connectivity index (χ1) is 8.69. The number of rotatable bonds is 4. The largest absolute Gasteiger partial charge is 0.496 e. The van der Waals surface area contributed by atoms with Crippen LogP contribution in [0.3, 0.4) is 0 Å². The fraction of sp³-hybridized carbons (Fsp3) is 0.571. The number of hydrogen-bond acceptors (Lipinski definition) is 3. The number of benzene rings is 1. The summed E-state index contributed by atoms with van der Waals surface area (Å²) in [6, 6.07) is 5.32. The molecule has 0 aliphatic carbocycles. The molecule has 1 aliphatic heterocycles. The van der Waals surface area contributed by atoms with Crippen LogP contribution in [0.2, 0.25) is 0 Å². The Morgan fingerprint density at radius 3 is 3.00 bits per heavy atom. The Balaban J connectivity index is 2.30. The fourth-order valence-electron chi connectivity index (χ4n) is 2.89. The van der Waals surface area contributed by atoms with Crippen LogP contribution in [0.25, 0.3) is 0 Å². The average molecular weight is 252 g/mol. The van der Waals surface area contributed by atoms with Crippen LogP contribution in [0.1, 0.15) is 31.4 Å².